The summed E-state index contributed by atoms with van der Waals surface area (Å²) in [6.07, 6.45) is -1.45. The fraction of sp³-hybridized carbons (Fsp3) is 0.316. The predicted molar refractivity (Wildman–Crippen MR) is 96.7 cm³/mol. The summed E-state index contributed by atoms with van der Waals surface area (Å²) in [5.74, 6) is -0.653. The lowest BCUT2D eigenvalue weighted by atomic mass is 10.1. The predicted octanol–water partition coefficient (Wildman–Crippen LogP) is 2.50. The molecule has 1 aliphatic rings. The first-order valence-corrected chi connectivity index (χ1v) is 8.72. The highest BCUT2D eigenvalue weighted by atomic mass is 19.4. The number of amides is 2. The topological polar surface area (TPSA) is 65.5 Å². The molecule has 2 amide bonds. The van der Waals surface area contributed by atoms with E-state index in [4.69, 9.17) is 0 Å². The average Bonchev–Trinajstić information content (AvgIpc) is 2.68. The number of hydrogen-bond acceptors (Lipinski definition) is 4. The molecule has 1 saturated heterocycles. The zero-order chi connectivity index (χ0) is 20.1. The summed E-state index contributed by atoms with van der Waals surface area (Å²) >= 11 is 0. The van der Waals surface area contributed by atoms with E-state index >= 15 is 0 Å². The molecule has 1 fully saturated rings. The molecule has 0 unspecified atom stereocenters. The number of hydrogen-bond donors (Lipinski definition) is 1. The number of anilines is 1. The number of nitrogens with zero attached hydrogens (tertiary/aromatic N) is 3. The molecule has 28 heavy (non-hydrogen) atoms. The maximum Gasteiger partial charge on any atom is 0.418 e. The molecular weight excluding hydrogens is 373 g/mol. The molecule has 0 atom stereocenters. The number of pyridine rings is 1. The number of aromatic nitrogens is 1. The highest BCUT2D eigenvalue weighted by Gasteiger charge is 2.33. The summed E-state index contributed by atoms with van der Waals surface area (Å²) in [5.41, 5.74) is -0.641. The molecule has 148 valence electrons. The van der Waals surface area contributed by atoms with Gasteiger partial charge in [0.1, 0.15) is 0 Å². The van der Waals surface area contributed by atoms with Gasteiger partial charge in [-0.3, -0.25) is 19.5 Å². The quantitative estimate of drug-likeness (QED) is 0.868. The molecule has 6 nitrogen and oxygen atoms in total. The van der Waals surface area contributed by atoms with E-state index in [1.54, 1.807) is 28.1 Å². The van der Waals surface area contributed by atoms with Crippen molar-refractivity contribution in [1.82, 2.24) is 14.8 Å². The van der Waals surface area contributed by atoms with Crippen molar-refractivity contribution in [2.45, 2.75) is 6.18 Å². The van der Waals surface area contributed by atoms with E-state index in [-0.39, 0.29) is 18.1 Å². The van der Waals surface area contributed by atoms with Crippen LogP contribution < -0.4 is 5.32 Å². The summed E-state index contributed by atoms with van der Waals surface area (Å²) in [4.78, 5) is 32.0. The number of carbonyl (C=O) groups is 2. The summed E-state index contributed by atoms with van der Waals surface area (Å²) in [6, 6.07) is 8.24. The van der Waals surface area contributed by atoms with Gasteiger partial charge < -0.3 is 10.2 Å². The molecule has 1 aromatic heterocycles. The maximum absolute atomic E-state index is 13.0. The Morgan fingerprint density at radius 1 is 1.04 bits per heavy atom. The van der Waals surface area contributed by atoms with E-state index in [0.717, 1.165) is 6.07 Å². The van der Waals surface area contributed by atoms with E-state index in [9.17, 15) is 22.8 Å². The van der Waals surface area contributed by atoms with Crippen molar-refractivity contribution < 1.29 is 22.8 Å². The third kappa shape index (κ3) is 4.86. The van der Waals surface area contributed by atoms with E-state index in [1.807, 2.05) is 0 Å². The number of halogens is 3. The number of alkyl halides is 3. The third-order valence-electron chi connectivity index (χ3n) is 4.44. The first-order chi connectivity index (χ1) is 13.3. The maximum atomic E-state index is 13.0. The number of para-hydroxylation sites is 1. The van der Waals surface area contributed by atoms with Crippen LogP contribution in [0.1, 0.15) is 15.9 Å². The lowest BCUT2D eigenvalue weighted by Gasteiger charge is -2.34. The van der Waals surface area contributed by atoms with Crippen LogP contribution in [0.15, 0.2) is 48.8 Å². The second-order valence-electron chi connectivity index (χ2n) is 6.40. The molecule has 0 radical (unpaired) electrons. The average molecular weight is 392 g/mol. The monoisotopic (exact) mass is 392 g/mol. The smallest absolute Gasteiger partial charge is 0.336 e. The number of rotatable bonds is 4. The molecule has 0 bridgehead atoms. The second-order valence-corrected chi connectivity index (χ2v) is 6.40. The highest BCUT2D eigenvalue weighted by molar-refractivity contribution is 5.94. The molecule has 9 heteroatoms. The summed E-state index contributed by atoms with van der Waals surface area (Å²) in [6.45, 7) is 1.74. The number of carbonyl (C=O) groups excluding carboxylic acids is 2. The summed E-state index contributed by atoms with van der Waals surface area (Å²) in [5, 5.41) is 2.33. The molecule has 2 heterocycles. The standard InChI is InChI=1S/C19H19F3N4O2/c20-19(21,22)15-5-1-2-6-16(15)24-17(27)13-25-8-10-26(11-9-25)18(28)14-4-3-7-23-12-14/h1-7,12H,8-11,13H2,(H,24,27). The first kappa shape index (κ1) is 19.8. The molecule has 0 spiro atoms. The Morgan fingerprint density at radius 3 is 2.39 bits per heavy atom. The largest absolute Gasteiger partial charge is 0.418 e. The Labute approximate surface area is 160 Å². The van der Waals surface area contributed by atoms with Crippen LogP contribution in [0.4, 0.5) is 18.9 Å². The van der Waals surface area contributed by atoms with Crippen molar-refractivity contribution in [3.8, 4) is 0 Å². The van der Waals surface area contributed by atoms with Gasteiger partial charge in [-0.25, -0.2) is 0 Å². The Bertz CT molecular complexity index is 835. The van der Waals surface area contributed by atoms with Gasteiger partial charge in [-0.1, -0.05) is 12.1 Å². The van der Waals surface area contributed by atoms with Gasteiger partial charge in [-0.15, -0.1) is 0 Å². The third-order valence-corrected chi connectivity index (χ3v) is 4.44. The normalized spacial score (nSPS) is 15.3. The van der Waals surface area contributed by atoms with Crippen molar-refractivity contribution in [2.24, 2.45) is 0 Å². The van der Waals surface area contributed by atoms with Crippen molar-refractivity contribution in [2.75, 3.05) is 38.0 Å². The Morgan fingerprint density at radius 2 is 1.75 bits per heavy atom. The van der Waals surface area contributed by atoms with E-state index in [1.165, 1.54) is 24.4 Å². The van der Waals surface area contributed by atoms with Crippen molar-refractivity contribution >= 4 is 17.5 Å². The minimum absolute atomic E-state index is 0.0406. The van der Waals surface area contributed by atoms with Crippen LogP contribution >= 0.6 is 0 Å². The Hall–Kier alpha value is -2.94. The van der Waals surface area contributed by atoms with Crippen LogP contribution in [0.25, 0.3) is 0 Å². The molecule has 2 aromatic rings. The fourth-order valence-corrected chi connectivity index (χ4v) is 3.01. The molecule has 1 aromatic carbocycles. The van der Waals surface area contributed by atoms with Crippen LogP contribution in [0, 0.1) is 0 Å². The Kier molecular flexibility index (Phi) is 5.93. The van der Waals surface area contributed by atoms with Gasteiger partial charge in [-0.2, -0.15) is 13.2 Å². The minimum atomic E-state index is -4.54. The summed E-state index contributed by atoms with van der Waals surface area (Å²) in [7, 11) is 0. The molecular formula is C19H19F3N4O2. The molecule has 0 saturated carbocycles. The first-order valence-electron chi connectivity index (χ1n) is 8.72. The van der Waals surface area contributed by atoms with Gasteiger partial charge in [0.05, 0.1) is 23.4 Å². The van der Waals surface area contributed by atoms with Gasteiger partial charge in [0.15, 0.2) is 0 Å². The van der Waals surface area contributed by atoms with Gasteiger partial charge in [0.25, 0.3) is 5.91 Å². The SMILES string of the molecule is O=C(CN1CCN(C(=O)c2cccnc2)CC1)Nc1ccccc1C(F)(F)F. The fourth-order valence-electron chi connectivity index (χ4n) is 3.01. The van der Waals surface area contributed by atoms with Crippen LogP contribution in [-0.4, -0.2) is 59.3 Å². The van der Waals surface area contributed by atoms with E-state index < -0.39 is 17.6 Å². The number of piperazine rings is 1. The van der Waals surface area contributed by atoms with Crippen LogP contribution in [0.2, 0.25) is 0 Å². The van der Waals surface area contributed by atoms with Crippen molar-refractivity contribution in [3.05, 3.63) is 59.9 Å². The molecule has 0 aliphatic carbocycles. The number of nitrogens with one attached hydrogen (secondary N) is 1. The molecule has 1 N–H and O–H groups in total. The van der Waals surface area contributed by atoms with Crippen LogP contribution in [0.3, 0.4) is 0 Å². The molecule has 1 aliphatic heterocycles. The zero-order valence-electron chi connectivity index (χ0n) is 14.9. The number of benzene rings is 1. The van der Waals surface area contributed by atoms with Crippen molar-refractivity contribution in [3.63, 3.8) is 0 Å². The van der Waals surface area contributed by atoms with E-state index in [2.05, 4.69) is 10.3 Å². The van der Waals surface area contributed by atoms with E-state index in [0.29, 0.717) is 31.7 Å². The van der Waals surface area contributed by atoms with Gasteiger partial charge in [0, 0.05) is 38.6 Å². The lowest BCUT2D eigenvalue weighted by molar-refractivity contribution is -0.137. The van der Waals surface area contributed by atoms with Gasteiger partial charge in [0.2, 0.25) is 5.91 Å². The molecule has 3 rings (SSSR count). The second kappa shape index (κ2) is 8.39. The van der Waals surface area contributed by atoms with Gasteiger partial charge >= 0.3 is 6.18 Å². The lowest BCUT2D eigenvalue weighted by Crippen LogP contribution is -2.50. The van der Waals surface area contributed by atoms with Gasteiger partial charge in [-0.05, 0) is 24.3 Å². The van der Waals surface area contributed by atoms with Crippen molar-refractivity contribution in [1.29, 1.82) is 0 Å². The highest BCUT2D eigenvalue weighted by Crippen LogP contribution is 2.34. The van der Waals surface area contributed by atoms with Crippen LogP contribution in [-0.2, 0) is 11.0 Å². The summed E-state index contributed by atoms with van der Waals surface area (Å²) < 4.78 is 39.0. The zero-order valence-corrected chi connectivity index (χ0v) is 14.9. The Balaban J connectivity index is 1.53. The minimum Gasteiger partial charge on any atom is -0.336 e. The van der Waals surface area contributed by atoms with Crippen LogP contribution in [0.5, 0.6) is 0 Å².